The minimum absolute atomic E-state index is 0.149. The molecule has 1 aromatic rings. The van der Waals surface area contributed by atoms with Crippen LogP contribution >= 0.6 is 0 Å². The maximum atomic E-state index is 11.0. The fourth-order valence-electron chi connectivity index (χ4n) is 1.80. The highest BCUT2D eigenvalue weighted by molar-refractivity contribution is 5.92. The molecule has 1 aromatic carbocycles. The van der Waals surface area contributed by atoms with Crippen molar-refractivity contribution in [2.24, 2.45) is 17.4 Å². The van der Waals surface area contributed by atoms with Crippen molar-refractivity contribution in [3.05, 3.63) is 35.4 Å². The molecule has 0 radical (unpaired) electrons. The van der Waals surface area contributed by atoms with Crippen LogP contribution in [0.25, 0.3) is 0 Å². The van der Waals surface area contributed by atoms with Gasteiger partial charge >= 0.3 is 6.03 Å². The average molecular weight is 249 g/mol. The van der Waals surface area contributed by atoms with Gasteiger partial charge in [0.2, 0.25) is 5.91 Å². The molecule has 0 spiro atoms. The molecule has 0 aliphatic rings. The Morgan fingerprint density at radius 3 is 2.11 bits per heavy atom. The molecule has 1 unspecified atom stereocenters. The molecule has 0 fully saturated rings. The van der Waals surface area contributed by atoms with Crippen LogP contribution in [0.1, 0.15) is 42.2 Å². The van der Waals surface area contributed by atoms with E-state index >= 15 is 0 Å². The normalized spacial score (nSPS) is 12.2. The minimum atomic E-state index is -0.556. The van der Waals surface area contributed by atoms with E-state index < -0.39 is 11.9 Å². The van der Waals surface area contributed by atoms with Gasteiger partial charge in [0.05, 0.1) is 6.04 Å². The zero-order chi connectivity index (χ0) is 13.7. The van der Waals surface area contributed by atoms with Crippen molar-refractivity contribution >= 4 is 11.9 Å². The van der Waals surface area contributed by atoms with Crippen molar-refractivity contribution in [3.8, 4) is 0 Å². The van der Waals surface area contributed by atoms with Crippen molar-refractivity contribution in [2.75, 3.05) is 0 Å². The summed E-state index contributed by atoms with van der Waals surface area (Å²) in [6.07, 6.45) is 0.777. The molecular formula is C13H19N3O2. The highest BCUT2D eigenvalue weighted by Gasteiger charge is 2.15. The third kappa shape index (κ3) is 4.08. The Bertz CT molecular complexity index is 426. The molecule has 0 heterocycles. The number of hydrogen-bond donors (Lipinski definition) is 3. The molecule has 1 atom stereocenters. The van der Waals surface area contributed by atoms with Gasteiger partial charge < -0.3 is 16.8 Å². The number of hydrogen-bond acceptors (Lipinski definition) is 2. The van der Waals surface area contributed by atoms with E-state index in [0.29, 0.717) is 11.5 Å². The average Bonchev–Trinajstić information content (AvgIpc) is 2.27. The number of benzene rings is 1. The zero-order valence-corrected chi connectivity index (χ0v) is 10.6. The van der Waals surface area contributed by atoms with Crippen LogP contribution in [-0.2, 0) is 0 Å². The van der Waals surface area contributed by atoms with E-state index in [0.717, 1.165) is 12.0 Å². The Kier molecular flexibility index (Phi) is 4.71. The second-order valence-corrected chi connectivity index (χ2v) is 4.68. The van der Waals surface area contributed by atoms with Gasteiger partial charge in [-0.2, -0.15) is 0 Å². The summed E-state index contributed by atoms with van der Waals surface area (Å²) in [6.45, 7) is 4.13. The Labute approximate surface area is 107 Å². The number of urea groups is 1. The van der Waals surface area contributed by atoms with Crippen molar-refractivity contribution in [1.82, 2.24) is 5.32 Å². The summed E-state index contributed by atoms with van der Waals surface area (Å²) in [5, 5.41) is 2.70. The topological polar surface area (TPSA) is 98.2 Å². The summed E-state index contributed by atoms with van der Waals surface area (Å²) in [7, 11) is 0. The summed E-state index contributed by atoms with van der Waals surface area (Å²) in [4.78, 5) is 21.9. The SMILES string of the molecule is CC(C)CC(NC(N)=O)c1ccc(C(N)=O)cc1. The van der Waals surface area contributed by atoms with Crippen LogP contribution in [0.4, 0.5) is 4.79 Å². The molecule has 98 valence electrons. The third-order valence-electron chi connectivity index (χ3n) is 2.62. The Morgan fingerprint density at radius 1 is 1.17 bits per heavy atom. The van der Waals surface area contributed by atoms with Gasteiger partial charge in [0.15, 0.2) is 0 Å². The first kappa shape index (κ1) is 14.0. The van der Waals surface area contributed by atoms with Crippen LogP contribution in [0.3, 0.4) is 0 Å². The van der Waals surface area contributed by atoms with E-state index in [1.807, 2.05) is 0 Å². The number of carbonyl (C=O) groups is 2. The number of carbonyl (C=O) groups excluding carboxylic acids is 2. The molecule has 5 N–H and O–H groups in total. The van der Waals surface area contributed by atoms with Gasteiger partial charge in [-0.05, 0) is 30.0 Å². The lowest BCUT2D eigenvalue weighted by molar-refractivity contribution is 0.1000. The molecule has 5 heteroatoms. The smallest absolute Gasteiger partial charge is 0.312 e. The van der Waals surface area contributed by atoms with Gasteiger partial charge in [-0.25, -0.2) is 4.79 Å². The van der Waals surface area contributed by atoms with Crippen LogP contribution < -0.4 is 16.8 Å². The van der Waals surface area contributed by atoms with E-state index in [-0.39, 0.29) is 6.04 Å². The highest BCUT2D eigenvalue weighted by atomic mass is 16.2. The van der Waals surface area contributed by atoms with Gasteiger partial charge in [-0.15, -0.1) is 0 Å². The Hall–Kier alpha value is -2.04. The number of nitrogens with one attached hydrogen (secondary N) is 1. The second kappa shape index (κ2) is 6.05. The van der Waals surface area contributed by atoms with Crippen molar-refractivity contribution < 1.29 is 9.59 Å². The standard InChI is InChI=1S/C13H19N3O2/c1-8(2)7-11(16-13(15)18)9-3-5-10(6-4-9)12(14)17/h3-6,8,11H,7H2,1-2H3,(H2,14,17)(H3,15,16,18). The second-order valence-electron chi connectivity index (χ2n) is 4.68. The molecule has 0 bridgehead atoms. The molecule has 0 saturated carbocycles. The first-order chi connectivity index (χ1) is 8.40. The van der Waals surface area contributed by atoms with E-state index in [1.165, 1.54) is 0 Å². The Morgan fingerprint density at radius 2 is 1.72 bits per heavy atom. The summed E-state index contributed by atoms with van der Waals surface area (Å²) in [5.74, 6) is -0.0533. The fourth-order valence-corrected chi connectivity index (χ4v) is 1.80. The molecule has 1 rings (SSSR count). The van der Waals surface area contributed by atoms with Crippen LogP contribution in [0.2, 0.25) is 0 Å². The molecule has 18 heavy (non-hydrogen) atoms. The van der Waals surface area contributed by atoms with Gasteiger partial charge in [-0.3, -0.25) is 4.79 Å². The van der Waals surface area contributed by atoms with E-state index in [9.17, 15) is 9.59 Å². The van der Waals surface area contributed by atoms with Gasteiger partial charge in [0.1, 0.15) is 0 Å². The monoisotopic (exact) mass is 249 g/mol. The van der Waals surface area contributed by atoms with Crippen molar-refractivity contribution in [1.29, 1.82) is 0 Å². The van der Waals surface area contributed by atoms with Crippen molar-refractivity contribution in [2.45, 2.75) is 26.3 Å². The number of nitrogens with two attached hydrogens (primary N) is 2. The van der Waals surface area contributed by atoms with Crippen LogP contribution in [0.15, 0.2) is 24.3 Å². The van der Waals surface area contributed by atoms with E-state index in [2.05, 4.69) is 19.2 Å². The number of rotatable bonds is 5. The minimum Gasteiger partial charge on any atom is -0.366 e. The first-order valence-electron chi connectivity index (χ1n) is 5.86. The van der Waals surface area contributed by atoms with Crippen LogP contribution in [0, 0.1) is 5.92 Å². The van der Waals surface area contributed by atoms with Crippen molar-refractivity contribution in [3.63, 3.8) is 0 Å². The maximum absolute atomic E-state index is 11.0. The fraction of sp³-hybridized carbons (Fsp3) is 0.385. The lowest BCUT2D eigenvalue weighted by Crippen LogP contribution is -2.33. The third-order valence-corrected chi connectivity index (χ3v) is 2.62. The van der Waals surface area contributed by atoms with E-state index in [4.69, 9.17) is 11.5 Å². The summed E-state index contributed by atoms with van der Waals surface area (Å²) in [5.41, 5.74) is 11.7. The first-order valence-corrected chi connectivity index (χ1v) is 5.86. The van der Waals surface area contributed by atoms with E-state index in [1.54, 1.807) is 24.3 Å². The number of amides is 3. The predicted molar refractivity (Wildman–Crippen MR) is 69.9 cm³/mol. The van der Waals surface area contributed by atoms with Gasteiger partial charge in [0, 0.05) is 5.56 Å². The largest absolute Gasteiger partial charge is 0.366 e. The summed E-state index contributed by atoms with van der Waals surface area (Å²) in [6, 6.07) is 6.15. The lowest BCUT2D eigenvalue weighted by Gasteiger charge is -2.20. The molecule has 5 nitrogen and oxygen atoms in total. The number of primary amides is 2. The Balaban J connectivity index is 2.90. The molecular weight excluding hydrogens is 230 g/mol. The quantitative estimate of drug-likeness (QED) is 0.737. The molecule has 3 amide bonds. The molecule has 0 saturated heterocycles. The summed E-state index contributed by atoms with van der Waals surface area (Å²) < 4.78 is 0. The van der Waals surface area contributed by atoms with Crippen LogP contribution in [0.5, 0.6) is 0 Å². The maximum Gasteiger partial charge on any atom is 0.312 e. The molecule has 0 aromatic heterocycles. The highest BCUT2D eigenvalue weighted by Crippen LogP contribution is 2.21. The summed E-state index contributed by atoms with van der Waals surface area (Å²) >= 11 is 0. The lowest BCUT2D eigenvalue weighted by atomic mass is 9.96. The predicted octanol–water partition coefficient (Wildman–Crippen LogP) is 1.54. The van der Waals surface area contributed by atoms with Gasteiger partial charge in [0.25, 0.3) is 0 Å². The van der Waals surface area contributed by atoms with Gasteiger partial charge in [-0.1, -0.05) is 26.0 Å². The molecule has 0 aliphatic heterocycles. The molecule has 0 aliphatic carbocycles. The van der Waals surface area contributed by atoms with Crippen LogP contribution in [-0.4, -0.2) is 11.9 Å². The zero-order valence-electron chi connectivity index (χ0n) is 10.6.